The van der Waals surface area contributed by atoms with Crippen LogP contribution in [0.4, 0.5) is 0 Å². The molecule has 0 saturated heterocycles. The molecule has 0 aliphatic heterocycles. The fraction of sp³-hybridized carbons (Fsp3) is 0.375. The van der Waals surface area contributed by atoms with Crippen LogP contribution in [0.2, 0.25) is 0 Å². The van der Waals surface area contributed by atoms with Gasteiger partial charge >= 0.3 is 0 Å². The van der Waals surface area contributed by atoms with Crippen molar-refractivity contribution in [3.05, 3.63) is 22.4 Å². The van der Waals surface area contributed by atoms with Gasteiger partial charge in [-0.25, -0.2) is 0 Å². The summed E-state index contributed by atoms with van der Waals surface area (Å²) in [5.74, 6) is -0.474. The van der Waals surface area contributed by atoms with Gasteiger partial charge in [-0.3, -0.25) is 4.79 Å². The first-order valence-corrected chi connectivity index (χ1v) is 4.73. The molecule has 0 aliphatic rings. The lowest BCUT2D eigenvalue weighted by Crippen LogP contribution is -2.22. The molecule has 0 spiro atoms. The van der Waals surface area contributed by atoms with E-state index in [1.165, 1.54) is 0 Å². The van der Waals surface area contributed by atoms with Crippen LogP contribution >= 0.6 is 11.3 Å². The van der Waals surface area contributed by atoms with Crippen molar-refractivity contribution < 1.29 is 9.53 Å². The van der Waals surface area contributed by atoms with Crippen LogP contribution in [0.25, 0.3) is 0 Å². The molecule has 0 saturated carbocycles. The van der Waals surface area contributed by atoms with E-state index in [2.05, 4.69) is 0 Å². The average molecular weight is 200 g/mol. The van der Waals surface area contributed by atoms with Gasteiger partial charge < -0.3 is 16.2 Å². The number of nitrogens with two attached hydrogens (primary N) is 2. The van der Waals surface area contributed by atoms with Crippen molar-refractivity contribution in [2.24, 2.45) is 11.5 Å². The zero-order chi connectivity index (χ0) is 9.68. The van der Waals surface area contributed by atoms with E-state index in [0.717, 1.165) is 4.88 Å². The molecule has 5 heteroatoms. The molecule has 72 valence electrons. The number of hydrogen-bond acceptors (Lipinski definition) is 4. The minimum Gasteiger partial charge on any atom is -0.370 e. The van der Waals surface area contributed by atoms with Crippen LogP contribution in [-0.4, -0.2) is 19.1 Å². The van der Waals surface area contributed by atoms with Gasteiger partial charge in [0.2, 0.25) is 5.91 Å². The minimum atomic E-state index is -0.474. The maximum atomic E-state index is 10.3. The second-order valence-corrected chi connectivity index (χ2v) is 3.58. The molecule has 1 aromatic heterocycles. The third-order valence-corrected chi connectivity index (χ3v) is 2.45. The first-order valence-electron chi connectivity index (χ1n) is 3.85. The first-order chi connectivity index (χ1) is 6.20. The number of carbonyl (C=O) groups is 1. The third-order valence-electron chi connectivity index (χ3n) is 1.45. The van der Waals surface area contributed by atoms with Crippen molar-refractivity contribution >= 4 is 17.2 Å². The fourth-order valence-corrected chi connectivity index (χ4v) is 1.59. The Morgan fingerprint density at radius 2 is 2.46 bits per heavy atom. The van der Waals surface area contributed by atoms with Crippen molar-refractivity contribution in [1.82, 2.24) is 0 Å². The monoisotopic (exact) mass is 200 g/mol. The van der Waals surface area contributed by atoms with E-state index >= 15 is 0 Å². The molecule has 4 nitrogen and oxygen atoms in total. The largest absolute Gasteiger partial charge is 0.370 e. The zero-order valence-corrected chi connectivity index (χ0v) is 7.92. The standard InChI is InChI=1S/C8H12N2O2S/c9-6(4-12-5-8(10)11)7-2-1-3-13-7/h1-3,6H,4-5,9H2,(H2,10,11). The van der Waals surface area contributed by atoms with Crippen molar-refractivity contribution in [3.63, 3.8) is 0 Å². The van der Waals surface area contributed by atoms with Gasteiger partial charge in [-0.15, -0.1) is 11.3 Å². The summed E-state index contributed by atoms with van der Waals surface area (Å²) in [6, 6.07) is 3.69. The fourth-order valence-electron chi connectivity index (χ4n) is 0.871. The summed E-state index contributed by atoms with van der Waals surface area (Å²) >= 11 is 1.57. The maximum absolute atomic E-state index is 10.3. The lowest BCUT2D eigenvalue weighted by Gasteiger charge is -2.08. The van der Waals surface area contributed by atoms with E-state index in [9.17, 15) is 4.79 Å². The molecular formula is C8H12N2O2S. The lowest BCUT2D eigenvalue weighted by atomic mass is 10.3. The molecule has 13 heavy (non-hydrogen) atoms. The molecule has 4 N–H and O–H groups in total. The molecule has 0 aliphatic carbocycles. The predicted octanol–water partition coefficient (Wildman–Crippen LogP) is 0.250. The van der Waals surface area contributed by atoms with Gasteiger partial charge in [0.1, 0.15) is 6.61 Å². The third kappa shape index (κ3) is 3.54. The summed E-state index contributed by atoms with van der Waals surface area (Å²) in [5, 5.41) is 1.95. The summed E-state index contributed by atoms with van der Waals surface area (Å²) in [5.41, 5.74) is 10.7. The zero-order valence-electron chi connectivity index (χ0n) is 7.10. The van der Waals surface area contributed by atoms with Gasteiger partial charge in [0, 0.05) is 4.88 Å². The van der Waals surface area contributed by atoms with Crippen LogP contribution in [0, 0.1) is 0 Å². The van der Waals surface area contributed by atoms with Gasteiger partial charge in [0.15, 0.2) is 0 Å². The van der Waals surface area contributed by atoms with Crippen LogP contribution in [-0.2, 0) is 9.53 Å². The molecule has 1 rings (SSSR count). The molecule has 0 radical (unpaired) electrons. The SMILES string of the molecule is NC(=O)COCC(N)c1cccs1. The predicted molar refractivity (Wildman–Crippen MR) is 51.3 cm³/mol. The van der Waals surface area contributed by atoms with Crippen LogP contribution in [0.5, 0.6) is 0 Å². The summed E-state index contributed by atoms with van der Waals surface area (Å²) in [6.07, 6.45) is 0. The van der Waals surface area contributed by atoms with Crippen LogP contribution < -0.4 is 11.5 Å². The highest BCUT2D eigenvalue weighted by molar-refractivity contribution is 7.10. The Bertz CT molecular complexity index is 261. The number of rotatable bonds is 5. The highest BCUT2D eigenvalue weighted by Gasteiger charge is 2.06. The molecule has 1 atom stereocenters. The number of carbonyl (C=O) groups excluding carboxylic acids is 1. The first kappa shape index (κ1) is 10.2. The van der Waals surface area contributed by atoms with Crippen molar-refractivity contribution in [3.8, 4) is 0 Å². The Balaban J connectivity index is 2.26. The number of ether oxygens (including phenoxy) is 1. The van der Waals surface area contributed by atoms with E-state index in [1.807, 2.05) is 17.5 Å². The van der Waals surface area contributed by atoms with E-state index in [1.54, 1.807) is 11.3 Å². The Kier molecular flexibility index (Phi) is 3.88. The minimum absolute atomic E-state index is 0.0704. The molecule has 0 aromatic carbocycles. The van der Waals surface area contributed by atoms with Gasteiger partial charge in [-0.05, 0) is 11.4 Å². The second-order valence-electron chi connectivity index (χ2n) is 2.60. The Morgan fingerprint density at radius 3 is 3.00 bits per heavy atom. The van der Waals surface area contributed by atoms with Crippen LogP contribution in [0.1, 0.15) is 10.9 Å². The van der Waals surface area contributed by atoms with Gasteiger partial charge in [0.25, 0.3) is 0 Å². The lowest BCUT2D eigenvalue weighted by molar-refractivity contribution is -0.122. The highest BCUT2D eigenvalue weighted by Crippen LogP contribution is 2.16. The van der Waals surface area contributed by atoms with Crippen molar-refractivity contribution in [1.29, 1.82) is 0 Å². The highest BCUT2D eigenvalue weighted by atomic mass is 32.1. The number of hydrogen-bond donors (Lipinski definition) is 2. The molecule has 0 bridgehead atoms. The Hall–Kier alpha value is -0.910. The topological polar surface area (TPSA) is 78.3 Å². The van der Waals surface area contributed by atoms with E-state index in [-0.39, 0.29) is 12.6 Å². The normalized spacial score (nSPS) is 12.7. The van der Waals surface area contributed by atoms with Gasteiger partial charge in [-0.2, -0.15) is 0 Å². The molecule has 0 fully saturated rings. The maximum Gasteiger partial charge on any atom is 0.243 e. The summed E-state index contributed by atoms with van der Waals surface area (Å²) < 4.78 is 4.99. The smallest absolute Gasteiger partial charge is 0.243 e. The second kappa shape index (κ2) is 4.96. The van der Waals surface area contributed by atoms with E-state index in [4.69, 9.17) is 16.2 Å². The number of thiophene rings is 1. The average Bonchev–Trinajstić information content (AvgIpc) is 2.55. The molecule has 1 unspecified atom stereocenters. The van der Waals surface area contributed by atoms with Crippen LogP contribution in [0.15, 0.2) is 17.5 Å². The summed E-state index contributed by atoms with van der Waals surface area (Å²) in [6.45, 7) is 0.253. The number of amides is 1. The Labute approximate surface area is 80.5 Å². The van der Waals surface area contributed by atoms with Gasteiger partial charge in [-0.1, -0.05) is 6.07 Å². The Morgan fingerprint density at radius 1 is 1.69 bits per heavy atom. The summed E-state index contributed by atoms with van der Waals surface area (Å²) in [4.78, 5) is 11.4. The molecule has 1 heterocycles. The number of primary amides is 1. The van der Waals surface area contributed by atoms with Crippen molar-refractivity contribution in [2.75, 3.05) is 13.2 Å². The van der Waals surface area contributed by atoms with E-state index in [0.29, 0.717) is 6.61 Å². The van der Waals surface area contributed by atoms with Crippen molar-refractivity contribution in [2.45, 2.75) is 6.04 Å². The summed E-state index contributed by atoms with van der Waals surface area (Å²) in [7, 11) is 0. The molecule has 1 amide bonds. The van der Waals surface area contributed by atoms with Crippen LogP contribution in [0.3, 0.4) is 0 Å². The molecular weight excluding hydrogens is 188 g/mol. The molecule has 1 aromatic rings. The van der Waals surface area contributed by atoms with Gasteiger partial charge in [0.05, 0.1) is 12.6 Å². The van der Waals surface area contributed by atoms with E-state index < -0.39 is 5.91 Å². The quantitative estimate of drug-likeness (QED) is 0.715.